The summed E-state index contributed by atoms with van der Waals surface area (Å²) in [5, 5.41) is 3.95. The van der Waals surface area contributed by atoms with E-state index in [1.165, 1.54) is 10.6 Å². The predicted octanol–water partition coefficient (Wildman–Crippen LogP) is 2.01. The predicted molar refractivity (Wildman–Crippen MR) is 72.5 cm³/mol. The summed E-state index contributed by atoms with van der Waals surface area (Å²) in [4.78, 5) is 15.1. The fourth-order valence-electron chi connectivity index (χ4n) is 2.08. The van der Waals surface area contributed by atoms with Crippen LogP contribution in [0.1, 0.15) is 5.56 Å². The van der Waals surface area contributed by atoms with Gasteiger partial charge in [0.25, 0.3) is 5.56 Å². The van der Waals surface area contributed by atoms with Crippen molar-refractivity contribution >= 4 is 5.65 Å². The number of aromatic amines is 1. The number of benzene rings is 1. The second-order valence-corrected chi connectivity index (χ2v) is 4.33. The number of aromatic nitrogens is 3. The Balaban J connectivity index is 2.21. The maximum Gasteiger partial charge on any atom is 0.274 e. The van der Waals surface area contributed by atoms with Gasteiger partial charge in [0, 0.05) is 17.7 Å². The summed E-state index contributed by atoms with van der Waals surface area (Å²) in [5.41, 5.74) is 3.22. The number of aryl methyl sites for hydroxylation is 1. The number of rotatable bonds is 2. The van der Waals surface area contributed by atoms with Gasteiger partial charge >= 0.3 is 0 Å². The van der Waals surface area contributed by atoms with E-state index in [4.69, 9.17) is 4.74 Å². The molecule has 2 aromatic heterocycles. The first-order valence-electron chi connectivity index (χ1n) is 5.91. The summed E-state index contributed by atoms with van der Waals surface area (Å²) in [7, 11) is 1.63. The van der Waals surface area contributed by atoms with Gasteiger partial charge in [0.15, 0.2) is 0 Å². The van der Waals surface area contributed by atoms with Gasteiger partial charge in [0.05, 0.1) is 19.0 Å². The molecule has 5 heteroatoms. The smallest absolute Gasteiger partial charge is 0.274 e. The summed E-state index contributed by atoms with van der Waals surface area (Å²) < 4.78 is 6.63. The van der Waals surface area contributed by atoms with E-state index in [2.05, 4.69) is 10.1 Å². The molecular weight excluding hydrogens is 242 g/mol. The van der Waals surface area contributed by atoms with Crippen LogP contribution >= 0.6 is 0 Å². The van der Waals surface area contributed by atoms with Crippen molar-refractivity contribution in [3.05, 3.63) is 52.4 Å². The quantitative estimate of drug-likeness (QED) is 0.762. The van der Waals surface area contributed by atoms with Crippen LogP contribution in [0, 0.1) is 6.92 Å². The standard InChI is InChI=1S/C14H13N3O2/c1-9-3-4-10(7-12(9)19-2)11-8-14(18)17-13(16-11)5-6-15-17/h3-8,16H,1-2H3. The molecule has 0 aliphatic carbocycles. The molecule has 1 N–H and O–H groups in total. The second kappa shape index (κ2) is 4.28. The van der Waals surface area contributed by atoms with Crippen LogP contribution in [0.25, 0.3) is 16.9 Å². The molecule has 0 atom stereocenters. The van der Waals surface area contributed by atoms with E-state index in [-0.39, 0.29) is 5.56 Å². The first-order valence-corrected chi connectivity index (χ1v) is 5.91. The van der Waals surface area contributed by atoms with Crippen LogP contribution in [0.5, 0.6) is 5.75 Å². The van der Waals surface area contributed by atoms with Crippen LogP contribution in [0.3, 0.4) is 0 Å². The third kappa shape index (κ3) is 1.89. The number of ether oxygens (including phenoxy) is 1. The Morgan fingerprint density at radius 3 is 2.89 bits per heavy atom. The Kier molecular flexibility index (Phi) is 2.59. The maximum absolute atomic E-state index is 11.9. The first kappa shape index (κ1) is 11.5. The lowest BCUT2D eigenvalue weighted by molar-refractivity contribution is 0.412. The topological polar surface area (TPSA) is 59.4 Å². The van der Waals surface area contributed by atoms with Crippen LogP contribution in [0.4, 0.5) is 0 Å². The van der Waals surface area contributed by atoms with E-state index in [9.17, 15) is 4.79 Å². The van der Waals surface area contributed by atoms with Crippen molar-refractivity contribution in [2.24, 2.45) is 0 Å². The zero-order valence-corrected chi connectivity index (χ0v) is 10.7. The van der Waals surface area contributed by atoms with E-state index in [1.54, 1.807) is 19.4 Å². The van der Waals surface area contributed by atoms with Crippen molar-refractivity contribution in [1.82, 2.24) is 14.6 Å². The summed E-state index contributed by atoms with van der Waals surface area (Å²) in [6.45, 7) is 1.98. The van der Waals surface area contributed by atoms with E-state index in [0.717, 1.165) is 22.6 Å². The highest BCUT2D eigenvalue weighted by Gasteiger charge is 2.06. The molecule has 0 amide bonds. The minimum absolute atomic E-state index is 0.159. The van der Waals surface area contributed by atoms with Gasteiger partial charge in [-0.25, -0.2) is 0 Å². The van der Waals surface area contributed by atoms with Crippen LogP contribution in [0.2, 0.25) is 0 Å². The van der Waals surface area contributed by atoms with Gasteiger partial charge < -0.3 is 9.72 Å². The molecule has 0 aliphatic rings. The number of fused-ring (bicyclic) bond motifs is 1. The molecule has 0 saturated heterocycles. The van der Waals surface area contributed by atoms with Crippen LogP contribution in [0.15, 0.2) is 41.3 Å². The SMILES string of the molecule is COc1cc(-c2cc(=O)n3nccc3[nH]2)ccc1C. The minimum Gasteiger partial charge on any atom is -0.496 e. The molecule has 0 radical (unpaired) electrons. The zero-order valence-electron chi connectivity index (χ0n) is 10.7. The van der Waals surface area contributed by atoms with Crippen molar-refractivity contribution in [2.75, 3.05) is 7.11 Å². The summed E-state index contributed by atoms with van der Waals surface area (Å²) in [6, 6.07) is 9.12. The molecule has 19 heavy (non-hydrogen) atoms. The molecule has 3 aromatic rings. The molecule has 0 saturated carbocycles. The van der Waals surface area contributed by atoms with Gasteiger partial charge in [-0.15, -0.1) is 0 Å². The van der Waals surface area contributed by atoms with Crippen molar-refractivity contribution in [2.45, 2.75) is 6.92 Å². The maximum atomic E-state index is 11.9. The van der Waals surface area contributed by atoms with Gasteiger partial charge in [-0.3, -0.25) is 4.79 Å². The second-order valence-electron chi connectivity index (χ2n) is 4.33. The number of hydrogen-bond donors (Lipinski definition) is 1. The van der Waals surface area contributed by atoms with Gasteiger partial charge in [-0.1, -0.05) is 12.1 Å². The van der Waals surface area contributed by atoms with Gasteiger partial charge in [-0.05, 0) is 18.6 Å². The Morgan fingerprint density at radius 1 is 1.26 bits per heavy atom. The lowest BCUT2D eigenvalue weighted by atomic mass is 10.1. The van der Waals surface area contributed by atoms with Gasteiger partial charge in [0.2, 0.25) is 0 Å². The van der Waals surface area contributed by atoms with Gasteiger partial charge in [-0.2, -0.15) is 9.61 Å². The van der Waals surface area contributed by atoms with Crippen LogP contribution in [-0.4, -0.2) is 21.7 Å². The van der Waals surface area contributed by atoms with E-state index in [1.807, 2.05) is 25.1 Å². The average molecular weight is 255 g/mol. The molecule has 1 aromatic carbocycles. The molecule has 5 nitrogen and oxygen atoms in total. The lowest BCUT2D eigenvalue weighted by Crippen LogP contribution is -2.14. The van der Waals surface area contributed by atoms with E-state index >= 15 is 0 Å². The molecule has 0 spiro atoms. The third-order valence-electron chi connectivity index (χ3n) is 3.10. The number of methoxy groups -OCH3 is 1. The molecule has 3 rings (SSSR count). The van der Waals surface area contributed by atoms with Crippen molar-refractivity contribution < 1.29 is 4.74 Å². The van der Waals surface area contributed by atoms with Crippen LogP contribution in [-0.2, 0) is 0 Å². The molecule has 96 valence electrons. The Hall–Kier alpha value is -2.56. The number of nitrogens with zero attached hydrogens (tertiary/aromatic N) is 2. The summed E-state index contributed by atoms with van der Waals surface area (Å²) in [6.07, 6.45) is 1.59. The molecular formula is C14H13N3O2. The number of nitrogens with one attached hydrogen (secondary N) is 1. The molecule has 0 bridgehead atoms. The van der Waals surface area contributed by atoms with Crippen LogP contribution < -0.4 is 10.3 Å². The van der Waals surface area contributed by atoms with Crippen molar-refractivity contribution in [3.8, 4) is 17.0 Å². The molecule has 0 fully saturated rings. The van der Waals surface area contributed by atoms with Crippen molar-refractivity contribution in [3.63, 3.8) is 0 Å². The number of hydrogen-bond acceptors (Lipinski definition) is 3. The van der Waals surface area contributed by atoms with E-state index in [0.29, 0.717) is 5.65 Å². The van der Waals surface area contributed by atoms with Crippen molar-refractivity contribution in [1.29, 1.82) is 0 Å². The zero-order chi connectivity index (χ0) is 13.4. The monoisotopic (exact) mass is 255 g/mol. The summed E-state index contributed by atoms with van der Waals surface area (Å²) >= 11 is 0. The summed E-state index contributed by atoms with van der Waals surface area (Å²) in [5.74, 6) is 0.798. The Bertz CT molecular complexity index is 802. The fraction of sp³-hybridized carbons (Fsp3) is 0.143. The lowest BCUT2D eigenvalue weighted by Gasteiger charge is -2.08. The number of H-pyrrole nitrogens is 1. The highest BCUT2D eigenvalue weighted by Crippen LogP contribution is 2.25. The first-order chi connectivity index (χ1) is 9.19. The highest BCUT2D eigenvalue weighted by molar-refractivity contribution is 5.64. The average Bonchev–Trinajstić information content (AvgIpc) is 2.88. The third-order valence-corrected chi connectivity index (χ3v) is 3.10. The Labute approximate surface area is 109 Å². The largest absolute Gasteiger partial charge is 0.496 e. The van der Waals surface area contributed by atoms with E-state index < -0.39 is 0 Å². The fourth-order valence-corrected chi connectivity index (χ4v) is 2.08. The van der Waals surface area contributed by atoms with Gasteiger partial charge in [0.1, 0.15) is 11.4 Å². The highest BCUT2D eigenvalue weighted by atomic mass is 16.5. The normalized spacial score (nSPS) is 10.8. The molecule has 0 unspecified atom stereocenters. The minimum atomic E-state index is -0.159. The molecule has 2 heterocycles. The molecule has 0 aliphatic heterocycles. The Morgan fingerprint density at radius 2 is 2.11 bits per heavy atom.